The van der Waals surface area contributed by atoms with Gasteiger partial charge in [-0.3, -0.25) is 0 Å². The quantitative estimate of drug-likeness (QED) is 0.173. The van der Waals surface area contributed by atoms with Crippen molar-refractivity contribution in [2.24, 2.45) is 5.41 Å². The van der Waals surface area contributed by atoms with Gasteiger partial charge in [0.1, 0.15) is 12.4 Å². The van der Waals surface area contributed by atoms with E-state index in [1.807, 2.05) is 43.3 Å². The molecule has 0 radical (unpaired) electrons. The fraction of sp³-hybridized carbons (Fsp3) is 0.276. The van der Waals surface area contributed by atoms with Crippen molar-refractivity contribution in [3.8, 4) is 28.7 Å². The molecule has 3 nitrogen and oxygen atoms in total. The van der Waals surface area contributed by atoms with Crippen LogP contribution in [0.2, 0.25) is 0 Å². The Morgan fingerprint density at radius 1 is 1.12 bits per heavy atom. The second-order valence-corrected chi connectivity index (χ2v) is 10.5. The molecule has 3 aromatic rings. The average molecular weight is 491 g/mol. The van der Waals surface area contributed by atoms with Crippen molar-refractivity contribution in [2.75, 3.05) is 6.61 Å². The van der Waals surface area contributed by atoms with E-state index in [9.17, 15) is 4.79 Å². The highest BCUT2D eigenvalue weighted by Gasteiger charge is 2.10. The SMILES string of the molecule is CCOC(=O)/C(=C/c1cccc(OCc2cc(-c3ccsc3)cs2)c1)C/C=C/C#CC(C)(C)C. The number of carbonyl (C=O) groups excluding carboxylic acids is 1. The predicted octanol–water partition coefficient (Wildman–Crippen LogP) is 8.00. The highest BCUT2D eigenvalue weighted by atomic mass is 32.1. The standard InChI is InChI=1S/C29H30O3S2/c1-5-31-28(30)23(11-7-6-8-14-29(2,3)4)16-22-10-9-12-26(17-22)32-19-27-18-25(21-34-27)24-13-15-33-20-24/h6-7,9-10,12-13,15-18,20-21H,5,11,19H2,1-4H3/b7-6+,23-16+. The van der Waals surface area contributed by atoms with Gasteiger partial charge in [0.15, 0.2) is 0 Å². The van der Waals surface area contributed by atoms with Gasteiger partial charge < -0.3 is 9.47 Å². The Hall–Kier alpha value is -3.07. The van der Waals surface area contributed by atoms with Gasteiger partial charge in [0.25, 0.3) is 0 Å². The molecule has 0 N–H and O–H groups in total. The summed E-state index contributed by atoms with van der Waals surface area (Å²) < 4.78 is 11.3. The normalized spacial score (nSPS) is 11.8. The lowest BCUT2D eigenvalue weighted by atomic mass is 9.98. The molecule has 0 spiro atoms. The molecule has 0 aliphatic carbocycles. The van der Waals surface area contributed by atoms with Gasteiger partial charge in [-0.05, 0) is 103 Å². The molecule has 0 aliphatic heterocycles. The summed E-state index contributed by atoms with van der Waals surface area (Å²) >= 11 is 3.39. The highest BCUT2D eigenvalue weighted by Crippen LogP contribution is 2.28. The molecule has 176 valence electrons. The van der Waals surface area contributed by atoms with Crippen LogP contribution in [0.5, 0.6) is 5.75 Å². The molecule has 0 unspecified atom stereocenters. The molecule has 3 rings (SSSR count). The second-order valence-electron chi connectivity index (χ2n) is 8.69. The largest absolute Gasteiger partial charge is 0.488 e. The van der Waals surface area contributed by atoms with Crippen LogP contribution in [-0.4, -0.2) is 12.6 Å². The number of carbonyl (C=O) groups is 1. The number of hydrogen-bond acceptors (Lipinski definition) is 5. The highest BCUT2D eigenvalue weighted by molar-refractivity contribution is 7.10. The third kappa shape index (κ3) is 8.37. The van der Waals surface area contributed by atoms with E-state index < -0.39 is 0 Å². The monoisotopic (exact) mass is 490 g/mol. The Morgan fingerprint density at radius 2 is 1.97 bits per heavy atom. The lowest BCUT2D eigenvalue weighted by Crippen LogP contribution is -2.07. The third-order valence-corrected chi connectivity index (χ3v) is 6.21. The molecule has 0 bridgehead atoms. The van der Waals surface area contributed by atoms with Crippen molar-refractivity contribution in [1.82, 2.24) is 0 Å². The predicted molar refractivity (Wildman–Crippen MR) is 144 cm³/mol. The first-order valence-corrected chi connectivity index (χ1v) is 13.0. The van der Waals surface area contributed by atoms with Crippen molar-refractivity contribution in [2.45, 2.75) is 40.7 Å². The van der Waals surface area contributed by atoms with Gasteiger partial charge in [0.2, 0.25) is 0 Å². The van der Waals surface area contributed by atoms with Gasteiger partial charge in [-0.25, -0.2) is 4.79 Å². The van der Waals surface area contributed by atoms with Crippen LogP contribution in [0.1, 0.15) is 44.6 Å². The van der Waals surface area contributed by atoms with Crippen LogP contribution in [0.3, 0.4) is 0 Å². The molecule has 0 fully saturated rings. The van der Waals surface area contributed by atoms with Crippen molar-refractivity contribution in [3.63, 3.8) is 0 Å². The van der Waals surface area contributed by atoms with E-state index in [2.05, 4.69) is 60.9 Å². The number of rotatable bonds is 9. The lowest BCUT2D eigenvalue weighted by molar-refractivity contribution is -0.138. The maximum atomic E-state index is 12.5. The Bertz CT molecular complexity index is 1200. The third-order valence-electron chi connectivity index (χ3n) is 4.61. The minimum Gasteiger partial charge on any atom is -0.488 e. The van der Waals surface area contributed by atoms with E-state index in [0.29, 0.717) is 25.2 Å². The number of benzene rings is 1. The summed E-state index contributed by atoms with van der Waals surface area (Å²) in [4.78, 5) is 13.6. The summed E-state index contributed by atoms with van der Waals surface area (Å²) in [5.41, 5.74) is 3.87. The molecule has 0 saturated carbocycles. The van der Waals surface area contributed by atoms with Crippen LogP contribution in [0.15, 0.2) is 70.3 Å². The van der Waals surface area contributed by atoms with Crippen molar-refractivity contribution in [3.05, 3.63) is 80.7 Å². The van der Waals surface area contributed by atoms with Crippen LogP contribution in [0, 0.1) is 17.3 Å². The molecule has 0 amide bonds. The Balaban J connectivity index is 1.68. The van der Waals surface area contributed by atoms with E-state index in [4.69, 9.17) is 9.47 Å². The van der Waals surface area contributed by atoms with Crippen LogP contribution >= 0.6 is 22.7 Å². The molecule has 0 aliphatic rings. The fourth-order valence-corrected chi connectivity index (χ4v) is 4.48. The summed E-state index contributed by atoms with van der Waals surface area (Å²) in [7, 11) is 0. The van der Waals surface area contributed by atoms with Crippen LogP contribution in [0.25, 0.3) is 17.2 Å². The molecular formula is C29H30O3S2. The van der Waals surface area contributed by atoms with Crippen LogP contribution < -0.4 is 4.74 Å². The van der Waals surface area contributed by atoms with Crippen LogP contribution in [0.4, 0.5) is 0 Å². The summed E-state index contributed by atoms with van der Waals surface area (Å²) in [6.45, 7) is 8.84. The molecule has 0 saturated heterocycles. The van der Waals surface area contributed by atoms with Crippen molar-refractivity contribution >= 4 is 34.7 Å². The number of esters is 1. The topological polar surface area (TPSA) is 35.5 Å². The minimum atomic E-state index is -0.318. The Morgan fingerprint density at radius 3 is 2.71 bits per heavy atom. The summed E-state index contributed by atoms with van der Waals surface area (Å²) in [5, 5.41) is 6.39. The van der Waals surface area contributed by atoms with Gasteiger partial charge in [0.05, 0.1) is 6.61 Å². The van der Waals surface area contributed by atoms with E-state index in [1.165, 1.54) is 11.1 Å². The first-order valence-electron chi connectivity index (χ1n) is 11.2. The summed E-state index contributed by atoms with van der Waals surface area (Å²) in [6.07, 6.45) is 5.99. The van der Waals surface area contributed by atoms with E-state index >= 15 is 0 Å². The zero-order valence-electron chi connectivity index (χ0n) is 20.1. The number of thiophene rings is 2. The zero-order chi connectivity index (χ0) is 24.4. The van der Waals surface area contributed by atoms with Gasteiger partial charge in [0, 0.05) is 15.9 Å². The lowest BCUT2D eigenvalue weighted by Gasteiger charge is -2.08. The number of hydrogen-bond donors (Lipinski definition) is 0. The smallest absolute Gasteiger partial charge is 0.334 e. The molecular weight excluding hydrogens is 460 g/mol. The van der Waals surface area contributed by atoms with Crippen LogP contribution in [-0.2, 0) is 16.1 Å². The number of allylic oxidation sites excluding steroid dienone is 2. The fourth-order valence-electron chi connectivity index (χ4n) is 3.01. The summed E-state index contributed by atoms with van der Waals surface area (Å²) in [5.74, 6) is 6.64. The van der Waals surface area contributed by atoms with E-state index in [1.54, 1.807) is 28.7 Å². The average Bonchev–Trinajstić information content (AvgIpc) is 3.48. The van der Waals surface area contributed by atoms with Gasteiger partial charge >= 0.3 is 5.97 Å². The molecule has 2 heterocycles. The maximum absolute atomic E-state index is 12.5. The Kier molecular flexibility index (Phi) is 9.33. The zero-order valence-corrected chi connectivity index (χ0v) is 21.7. The van der Waals surface area contributed by atoms with Gasteiger partial charge in [-0.2, -0.15) is 11.3 Å². The van der Waals surface area contributed by atoms with Gasteiger partial charge in [-0.15, -0.1) is 11.3 Å². The Labute approximate surface area is 210 Å². The first kappa shape index (κ1) is 25.6. The molecule has 5 heteroatoms. The minimum absolute atomic E-state index is 0.0564. The summed E-state index contributed by atoms with van der Waals surface area (Å²) in [6, 6.07) is 12.0. The second kappa shape index (κ2) is 12.4. The van der Waals surface area contributed by atoms with E-state index in [-0.39, 0.29) is 11.4 Å². The van der Waals surface area contributed by atoms with Gasteiger partial charge in [-0.1, -0.05) is 30.0 Å². The molecule has 1 aromatic carbocycles. The maximum Gasteiger partial charge on any atom is 0.334 e. The van der Waals surface area contributed by atoms with E-state index in [0.717, 1.165) is 16.2 Å². The molecule has 0 atom stereocenters. The van der Waals surface area contributed by atoms with Crippen molar-refractivity contribution < 1.29 is 14.3 Å². The first-order chi connectivity index (χ1) is 16.3. The molecule has 2 aromatic heterocycles. The van der Waals surface area contributed by atoms with Crippen molar-refractivity contribution in [1.29, 1.82) is 0 Å². The number of ether oxygens (including phenoxy) is 2. The molecule has 34 heavy (non-hydrogen) atoms.